The van der Waals surface area contributed by atoms with E-state index in [9.17, 15) is 14.4 Å². The summed E-state index contributed by atoms with van der Waals surface area (Å²) in [5.74, 6) is -0.464. The molecule has 2 rings (SSSR count). The van der Waals surface area contributed by atoms with Gasteiger partial charge in [0.25, 0.3) is 5.91 Å². The molecular formula is C21H26N4O3. The third-order valence-corrected chi connectivity index (χ3v) is 3.86. The van der Waals surface area contributed by atoms with Gasteiger partial charge in [-0.05, 0) is 42.8 Å². The lowest BCUT2D eigenvalue weighted by Crippen LogP contribution is -2.24. The van der Waals surface area contributed by atoms with E-state index >= 15 is 0 Å². The number of anilines is 3. The summed E-state index contributed by atoms with van der Waals surface area (Å²) in [7, 11) is 0. The van der Waals surface area contributed by atoms with E-state index in [2.05, 4.69) is 21.3 Å². The Balaban J connectivity index is 1.90. The maximum absolute atomic E-state index is 12.2. The van der Waals surface area contributed by atoms with Gasteiger partial charge in [0.15, 0.2) is 0 Å². The number of rotatable bonds is 9. The predicted octanol–water partition coefficient (Wildman–Crippen LogP) is 3.23. The Morgan fingerprint density at radius 3 is 2.14 bits per heavy atom. The van der Waals surface area contributed by atoms with Gasteiger partial charge in [0.05, 0.1) is 6.54 Å². The number of hydrogen-bond acceptors (Lipinski definition) is 4. The summed E-state index contributed by atoms with van der Waals surface area (Å²) >= 11 is 0. The second-order valence-corrected chi connectivity index (χ2v) is 6.22. The van der Waals surface area contributed by atoms with Crippen LogP contribution in [0.15, 0.2) is 48.5 Å². The summed E-state index contributed by atoms with van der Waals surface area (Å²) in [4.78, 5) is 35.7. The molecule has 7 nitrogen and oxygen atoms in total. The van der Waals surface area contributed by atoms with Gasteiger partial charge in [-0.25, -0.2) is 0 Å². The van der Waals surface area contributed by atoms with Crippen molar-refractivity contribution in [2.45, 2.75) is 26.7 Å². The standard InChI is InChI=1S/C21H26N4O3/c1-3-11-22-21(28)15-7-5-8-16(12-15)23-14-20(27)25-18-10-6-9-17(13-18)24-19(26)4-2/h5-10,12-13,23H,3-4,11,14H2,1-2H3,(H,22,28)(H,24,26)(H,25,27). The highest BCUT2D eigenvalue weighted by atomic mass is 16.2. The molecule has 0 atom stereocenters. The number of benzene rings is 2. The molecule has 28 heavy (non-hydrogen) atoms. The zero-order chi connectivity index (χ0) is 20.4. The Morgan fingerprint density at radius 2 is 1.46 bits per heavy atom. The molecule has 2 aromatic carbocycles. The van der Waals surface area contributed by atoms with Gasteiger partial charge in [-0.15, -0.1) is 0 Å². The van der Waals surface area contributed by atoms with Crippen LogP contribution in [0.25, 0.3) is 0 Å². The van der Waals surface area contributed by atoms with E-state index in [1.165, 1.54) is 0 Å². The first kappa shape index (κ1) is 21.0. The lowest BCUT2D eigenvalue weighted by atomic mass is 10.2. The summed E-state index contributed by atoms with van der Waals surface area (Å²) in [6, 6.07) is 14.0. The van der Waals surface area contributed by atoms with Gasteiger partial charge in [-0.1, -0.05) is 26.0 Å². The van der Waals surface area contributed by atoms with Crippen molar-refractivity contribution in [1.29, 1.82) is 0 Å². The normalized spacial score (nSPS) is 10.1. The van der Waals surface area contributed by atoms with Gasteiger partial charge in [0, 0.05) is 35.6 Å². The molecule has 0 fully saturated rings. The summed E-state index contributed by atoms with van der Waals surface area (Å²) in [5.41, 5.74) is 2.44. The molecule has 0 spiro atoms. The maximum Gasteiger partial charge on any atom is 0.251 e. The molecule has 3 amide bonds. The molecule has 0 aliphatic rings. The van der Waals surface area contributed by atoms with E-state index < -0.39 is 0 Å². The Bertz CT molecular complexity index is 836. The van der Waals surface area contributed by atoms with Crippen molar-refractivity contribution >= 4 is 34.8 Å². The fourth-order valence-corrected chi connectivity index (χ4v) is 2.42. The van der Waals surface area contributed by atoms with Crippen molar-refractivity contribution < 1.29 is 14.4 Å². The number of nitrogens with one attached hydrogen (secondary N) is 4. The predicted molar refractivity (Wildman–Crippen MR) is 112 cm³/mol. The van der Waals surface area contributed by atoms with Gasteiger partial charge < -0.3 is 21.3 Å². The summed E-state index contributed by atoms with van der Waals surface area (Å²) in [6.45, 7) is 4.43. The highest BCUT2D eigenvalue weighted by molar-refractivity contribution is 5.97. The minimum atomic E-state index is -0.236. The van der Waals surface area contributed by atoms with Gasteiger partial charge in [-0.3, -0.25) is 14.4 Å². The molecule has 0 aliphatic carbocycles. The lowest BCUT2D eigenvalue weighted by Gasteiger charge is -2.10. The van der Waals surface area contributed by atoms with Gasteiger partial charge in [0.2, 0.25) is 11.8 Å². The first-order chi connectivity index (χ1) is 13.5. The van der Waals surface area contributed by atoms with Crippen LogP contribution in [0.5, 0.6) is 0 Å². The maximum atomic E-state index is 12.2. The first-order valence-electron chi connectivity index (χ1n) is 9.33. The van der Waals surface area contributed by atoms with Gasteiger partial charge in [0.1, 0.15) is 0 Å². The van der Waals surface area contributed by atoms with Crippen molar-refractivity contribution in [3.8, 4) is 0 Å². The van der Waals surface area contributed by atoms with Crippen molar-refractivity contribution in [3.05, 3.63) is 54.1 Å². The molecule has 0 unspecified atom stereocenters. The van der Waals surface area contributed by atoms with Crippen LogP contribution in [0.3, 0.4) is 0 Å². The zero-order valence-corrected chi connectivity index (χ0v) is 16.2. The van der Waals surface area contributed by atoms with E-state index in [4.69, 9.17) is 0 Å². The molecule has 0 aromatic heterocycles. The van der Waals surface area contributed by atoms with Crippen LogP contribution in [-0.4, -0.2) is 30.8 Å². The Hall–Kier alpha value is -3.35. The summed E-state index contributed by atoms with van der Waals surface area (Å²) in [6.07, 6.45) is 1.25. The van der Waals surface area contributed by atoms with Crippen LogP contribution in [-0.2, 0) is 9.59 Å². The average molecular weight is 382 g/mol. The number of amides is 3. The van der Waals surface area contributed by atoms with Crippen LogP contribution in [0, 0.1) is 0 Å². The molecule has 0 bridgehead atoms. The number of hydrogen-bond donors (Lipinski definition) is 4. The van der Waals surface area contributed by atoms with Gasteiger partial charge >= 0.3 is 0 Å². The van der Waals surface area contributed by atoms with Crippen molar-refractivity contribution in [2.24, 2.45) is 0 Å². The Kier molecular flexibility index (Phi) is 8.02. The van der Waals surface area contributed by atoms with E-state index in [0.29, 0.717) is 35.6 Å². The number of carbonyl (C=O) groups excluding carboxylic acids is 3. The smallest absolute Gasteiger partial charge is 0.251 e. The molecular weight excluding hydrogens is 356 g/mol. The quantitative estimate of drug-likeness (QED) is 0.535. The van der Waals surface area contributed by atoms with Crippen molar-refractivity contribution in [1.82, 2.24) is 5.32 Å². The fourth-order valence-electron chi connectivity index (χ4n) is 2.42. The molecule has 4 N–H and O–H groups in total. The van der Waals surface area contributed by atoms with Crippen LogP contribution in [0.2, 0.25) is 0 Å². The van der Waals surface area contributed by atoms with Crippen LogP contribution >= 0.6 is 0 Å². The molecule has 7 heteroatoms. The average Bonchev–Trinajstić information content (AvgIpc) is 2.70. The lowest BCUT2D eigenvalue weighted by molar-refractivity contribution is -0.116. The van der Waals surface area contributed by atoms with Crippen LogP contribution in [0.1, 0.15) is 37.0 Å². The molecule has 2 aromatic rings. The minimum Gasteiger partial charge on any atom is -0.376 e. The largest absolute Gasteiger partial charge is 0.376 e. The second kappa shape index (κ2) is 10.7. The summed E-state index contributed by atoms with van der Waals surface area (Å²) in [5, 5.41) is 11.4. The Morgan fingerprint density at radius 1 is 0.821 bits per heavy atom. The monoisotopic (exact) mass is 382 g/mol. The SMILES string of the molecule is CCCNC(=O)c1cccc(NCC(=O)Nc2cccc(NC(=O)CC)c2)c1. The third-order valence-electron chi connectivity index (χ3n) is 3.86. The molecule has 0 saturated carbocycles. The topological polar surface area (TPSA) is 99.3 Å². The van der Waals surface area contributed by atoms with Crippen LogP contribution < -0.4 is 21.3 Å². The van der Waals surface area contributed by atoms with Crippen LogP contribution in [0.4, 0.5) is 17.1 Å². The van der Waals surface area contributed by atoms with E-state index in [1.807, 2.05) is 6.92 Å². The molecule has 0 heterocycles. The minimum absolute atomic E-state index is 0.0472. The van der Waals surface area contributed by atoms with Crippen molar-refractivity contribution in [3.63, 3.8) is 0 Å². The molecule has 148 valence electrons. The first-order valence-corrected chi connectivity index (χ1v) is 9.33. The molecule has 0 radical (unpaired) electrons. The molecule has 0 saturated heterocycles. The van der Waals surface area contributed by atoms with Gasteiger partial charge in [-0.2, -0.15) is 0 Å². The van der Waals surface area contributed by atoms with E-state index in [1.54, 1.807) is 55.5 Å². The fraction of sp³-hybridized carbons (Fsp3) is 0.286. The second-order valence-electron chi connectivity index (χ2n) is 6.22. The number of carbonyl (C=O) groups is 3. The van der Waals surface area contributed by atoms with E-state index in [0.717, 1.165) is 6.42 Å². The third kappa shape index (κ3) is 6.75. The van der Waals surface area contributed by atoms with Crippen molar-refractivity contribution in [2.75, 3.05) is 29.0 Å². The highest BCUT2D eigenvalue weighted by Gasteiger charge is 2.07. The Labute approximate surface area is 164 Å². The molecule has 0 aliphatic heterocycles. The zero-order valence-electron chi connectivity index (χ0n) is 16.2. The summed E-state index contributed by atoms with van der Waals surface area (Å²) < 4.78 is 0. The van der Waals surface area contributed by atoms with E-state index in [-0.39, 0.29) is 24.3 Å². The highest BCUT2D eigenvalue weighted by Crippen LogP contribution is 2.15.